The van der Waals surface area contributed by atoms with Crippen LogP contribution in [-0.2, 0) is 0 Å². The molecule has 20 heavy (non-hydrogen) atoms. The smallest absolute Gasteiger partial charge is 0.127 e. The van der Waals surface area contributed by atoms with Crippen molar-refractivity contribution in [1.29, 1.82) is 0 Å². The normalized spacial score (nSPS) is 12.1. The molecule has 0 saturated carbocycles. The number of halogens is 2. The van der Waals surface area contributed by atoms with Gasteiger partial charge in [0.25, 0.3) is 0 Å². The first kappa shape index (κ1) is 14.9. The van der Waals surface area contributed by atoms with Gasteiger partial charge in [0.15, 0.2) is 0 Å². The number of nitrogens with zero attached hydrogens (tertiary/aromatic N) is 1. The van der Waals surface area contributed by atoms with Crippen molar-refractivity contribution in [3.05, 3.63) is 51.8 Å². The average Bonchev–Trinajstić information content (AvgIpc) is 2.46. The maximum Gasteiger partial charge on any atom is 0.127 e. The van der Waals surface area contributed by atoms with Crippen LogP contribution in [0.25, 0.3) is 0 Å². The average molecular weight is 313 g/mol. The van der Waals surface area contributed by atoms with E-state index in [1.165, 1.54) is 6.20 Å². The van der Waals surface area contributed by atoms with Gasteiger partial charge in [-0.3, -0.25) is 4.98 Å². The van der Waals surface area contributed by atoms with E-state index in [2.05, 4.69) is 4.98 Å². The Kier molecular flexibility index (Phi) is 4.70. The third kappa shape index (κ3) is 2.98. The van der Waals surface area contributed by atoms with Crippen molar-refractivity contribution in [2.75, 3.05) is 14.2 Å². The molecule has 0 aliphatic carbocycles. The highest BCUT2D eigenvalue weighted by Gasteiger charge is 2.19. The van der Waals surface area contributed by atoms with E-state index in [1.807, 2.05) is 12.1 Å². The Hall–Kier alpha value is -1.49. The minimum absolute atomic E-state index is 0.419. The molecule has 0 aliphatic rings. The van der Waals surface area contributed by atoms with Crippen LogP contribution in [0.15, 0.2) is 30.5 Å². The summed E-state index contributed by atoms with van der Waals surface area (Å²) in [4.78, 5) is 4.20. The summed E-state index contributed by atoms with van der Waals surface area (Å²) >= 11 is 12.0. The monoisotopic (exact) mass is 312 g/mol. The Bertz CT molecular complexity index is 620. The van der Waals surface area contributed by atoms with Crippen LogP contribution >= 0.6 is 23.2 Å². The second kappa shape index (κ2) is 6.31. The van der Waals surface area contributed by atoms with Gasteiger partial charge < -0.3 is 15.2 Å². The summed E-state index contributed by atoms with van der Waals surface area (Å²) < 4.78 is 10.5. The molecule has 0 bridgehead atoms. The molecular formula is C14H14Cl2N2O2. The van der Waals surface area contributed by atoms with E-state index in [0.717, 1.165) is 5.56 Å². The fourth-order valence-electron chi connectivity index (χ4n) is 1.88. The van der Waals surface area contributed by atoms with Crippen LogP contribution < -0.4 is 15.2 Å². The third-order valence-corrected chi connectivity index (χ3v) is 3.42. The van der Waals surface area contributed by atoms with Crippen molar-refractivity contribution in [2.24, 2.45) is 5.73 Å². The molecule has 0 aliphatic heterocycles. The van der Waals surface area contributed by atoms with Crippen molar-refractivity contribution >= 4 is 23.2 Å². The molecule has 2 rings (SSSR count). The standard InChI is InChI=1S/C14H14Cl2N2O2/c1-19-9-3-4-10(12(6-9)20-2)13(17)14-11(16)5-8(15)7-18-14/h3-7,13H,17H2,1-2H3. The number of rotatable bonds is 4. The molecule has 1 heterocycles. The molecule has 0 fully saturated rings. The molecular weight excluding hydrogens is 299 g/mol. The largest absolute Gasteiger partial charge is 0.497 e. The zero-order valence-corrected chi connectivity index (χ0v) is 12.6. The second-order valence-corrected chi connectivity index (χ2v) is 4.95. The summed E-state index contributed by atoms with van der Waals surface area (Å²) in [5.74, 6) is 1.30. The van der Waals surface area contributed by atoms with E-state index in [4.69, 9.17) is 38.4 Å². The van der Waals surface area contributed by atoms with Gasteiger partial charge in [-0.25, -0.2) is 0 Å². The molecule has 1 aromatic heterocycles. The Morgan fingerprint density at radius 1 is 1.15 bits per heavy atom. The van der Waals surface area contributed by atoms with E-state index in [0.29, 0.717) is 27.2 Å². The van der Waals surface area contributed by atoms with Crippen LogP contribution in [0.1, 0.15) is 17.3 Å². The maximum absolute atomic E-state index is 6.22. The van der Waals surface area contributed by atoms with Crippen molar-refractivity contribution in [3.8, 4) is 11.5 Å². The molecule has 6 heteroatoms. The summed E-state index contributed by atoms with van der Waals surface area (Å²) in [6, 6.07) is 6.50. The molecule has 2 aromatic rings. The predicted molar refractivity (Wildman–Crippen MR) is 79.8 cm³/mol. The summed E-state index contributed by atoms with van der Waals surface area (Å²) in [6.45, 7) is 0. The quantitative estimate of drug-likeness (QED) is 0.939. The number of pyridine rings is 1. The van der Waals surface area contributed by atoms with Crippen molar-refractivity contribution in [1.82, 2.24) is 4.98 Å². The number of aromatic nitrogens is 1. The van der Waals surface area contributed by atoms with E-state index < -0.39 is 6.04 Å². The zero-order valence-electron chi connectivity index (χ0n) is 11.1. The fourth-order valence-corrected chi connectivity index (χ4v) is 2.37. The first-order chi connectivity index (χ1) is 9.56. The lowest BCUT2D eigenvalue weighted by Crippen LogP contribution is -2.15. The summed E-state index contributed by atoms with van der Waals surface area (Å²) in [6.07, 6.45) is 1.51. The highest BCUT2D eigenvalue weighted by Crippen LogP contribution is 2.33. The predicted octanol–water partition coefficient (Wildman–Crippen LogP) is 3.45. The highest BCUT2D eigenvalue weighted by atomic mass is 35.5. The van der Waals surface area contributed by atoms with E-state index in [1.54, 1.807) is 26.4 Å². The topological polar surface area (TPSA) is 57.4 Å². The summed E-state index contributed by atoms with van der Waals surface area (Å²) in [7, 11) is 3.16. The van der Waals surface area contributed by atoms with Crippen molar-refractivity contribution in [3.63, 3.8) is 0 Å². The number of benzene rings is 1. The van der Waals surface area contributed by atoms with Crippen LogP contribution in [0.2, 0.25) is 10.0 Å². The molecule has 1 atom stereocenters. The Morgan fingerprint density at radius 3 is 2.50 bits per heavy atom. The van der Waals surface area contributed by atoms with Crippen LogP contribution in [-0.4, -0.2) is 19.2 Å². The lowest BCUT2D eigenvalue weighted by atomic mass is 10.0. The van der Waals surface area contributed by atoms with Gasteiger partial charge in [0.2, 0.25) is 0 Å². The summed E-state index contributed by atoms with van der Waals surface area (Å²) in [5.41, 5.74) is 7.53. The van der Waals surface area contributed by atoms with Gasteiger partial charge in [-0.1, -0.05) is 23.2 Å². The number of methoxy groups -OCH3 is 2. The molecule has 4 nitrogen and oxygen atoms in total. The Labute approximate surface area is 127 Å². The van der Waals surface area contributed by atoms with E-state index >= 15 is 0 Å². The van der Waals surface area contributed by atoms with Crippen molar-refractivity contribution in [2.45, 2.75) is 6.04 Å². The first-order valence-corrected chi connectivity index (χ1v) is 6.61. The van der Waals surface area contributed by atoms with Gasteiger partial charge >= 0.3 is 0 Å². The summed E-state index contributed by atoms with van der Waals surface area (Å²) in [5, 5.41) is 0.885. The lowest BCUT2D eigenvalue weighted by molar-refractivity contribution is 0.389. The lowest BCUT2D eigenvalue weighted by Gasteiger charge is -2.17. The fraction of sp³-hybridized carbons (Fsp3) is 0.214. The van der Waals surface area contributed by atoms with Gasteiger partial charge in [-0.2, -0.15) is 0 Å². The van der Waals surface area contributed by atoms with Gasteiger partial charge in [0.05, 0.1) is 36.0 Å². The van der Waals surface area contributed by atoms with Gasteiger partial charge in [-0.15, -0.1) is 0 Å². The van der Waals surface area contributed by atoms with E-state index in [-0.39, 0.29) is 0 Å². The molecule has 2 N–H and O–H groups in total. The number of ether oxygens (including phenoxy) is 2. The first-order valence-electron chi connectivity index (χ1n) is 5.85. The number of nitrogens with two attached hydrogens (primary N) is 1. The van der Waals surface area contributed by atoms with Crippen LogP contribution in [0, 0.1) is 0 Å². The molecule has 0 amide bonds. The Balaban J connectivity index is 2.44. The minimum Gasteiger partial charge on any atom is -0.497 e. The van der Waals surface area contributed by atoms with Gasteiger partial charge in [0, 0.05) is 17.8 Å². The molecule has 106 valence electrons. The Morgan fingerprint density at radius 2 is 1.90 bits per heavy atom. The van der Waals surface area contributed by atoms with Crippen LogP contribution in [0.5, 0.6) is 11.5 Å². The molecule has 1 aromatic carbocycles. The van der Waals surface area contributed by atoms with E-state index in [9.17, 15) is 0 Å². The van der Waals surface area contributed by atoms with Crippen LogP contribution in [0.4, 0.5) is 0 Å². The zero-order chi connectivity index (χ0) is 14.7. The number of hydrogen-bond acceptors (Lipinski definition) is 4. The molecule has 1 unspecified atom stereocenters. The number of hydrogen-bond donors (Lipinski definition) is 1. The van der Waals surface area contributed by atoms with Gasteiger partial charge in [-0.05, 0) is 18.2 Å². The molecule has 0 radical (unpaired) electrons. The highest BCUT2D eigenvalue weighted by molar-refractivity contribution is 6.34. The van der Waals surface area contributed by atoms with Gasteiger partial charge in [0.1, 0.15) is 11.5 Å². The van der Waals surface area contributed by atoms with Crippen LogP contribution in [0.3, 0.4) is 0 Å². The minimum atomic E-state index is -0.513. The van der Waals surface area contributed by atoms with Crippen molar-refractivity contribution < 1.29 is 9.47 Å². The maximum atomic E-state index is 6.22. The molecule has 0 saturated heterocycles. The molecule has 0 spiro atoms. The third-order valence-electron chi connectivity index (χ3n) is 2.91. The SMILES string of the molecule is COc1ccc(C(N)c2ncc(Cl)cc2Cl)c(OC)c1. The second-order valence-electron chi connectivity index (χ2n) is 4.11.